The van der Waals surface area contributed by atoms with E-state index in [0.29, 0.717) is 164 Å². The number of benzene rings is 1. The number of ether oxygens (including phenoxy) is 12. The van der Waals surface area contributed by atoms with Gasteiger partial charge in [0.15, 0.2) is 0 Å². The predicted molar refractivity (Wildman–Crippen MR) is 231 cm³/mol. The lowest BCUT2D eigenvalue weighted by Crippen LogP contribution is -2.54. The first-order chi connectivity index (χ1) is 31.0. The maximum Gasteiger partial charge on any atom is 0.264 e. The SMILES string of the molecule is O=C1CCC(N2C(=O)c3cccc(NCCOCCOCCOCCOCCOCCOCCOCCOCCOCCOCCOCCOCCCCCCCl)c3C2=O)C(=O)N1. The Morgan fingerprint density at radius 2 is 0.905 bits per heavy atom. The second-order valence-corrected chi connectivity index (χ2v) is 14.4. The first-order valence-corrected chi connectivity index (χ1v) is 22.6. The average Bonchev–Trinajstić information content (AvgIpc) is 3.54. The van der Waals surface area contributed by atoms with Gasteiger partial charge in [-0.15, -0.1) is 11.6 Å². The van der Waals surface area contributed by atoms with Crippen molar-refractivity contribution in [2.75, 3.05) is 176 Å². The smallest absolute Gasteiger partial charge is 0.264 e. The van der Waals surface area contributed by atoms with Crippen molar-refractivity contribution in [3.8, 4) is 0 Å². The van der Waals surface area contributed by atoms with Crippen LogP contribution in [0.15, 0.2) is 18.2 Å². The van der Waals surface area contributed by atoms with Crippen molar-refractivity contribution in [1.82, 2.24) is 10.2 Å². The molecule has 1 aromatic rings. The third-order valence-corrected chi connectivity index (χ3v) is 9.56. The molecule has 0 aliphatic carbocycles. The molecule has 1 saturated heterocycles. The topological polar surface area (TPSA) is 206 Å². The van der Waals surface area contributed by atoms with Crippen LogP contribution in [0.3, 0.4) is 0 Å². The molecule has 1 fully saturated rings. The third-order valence-electron chi connectivity index (χ3n) is 9.29. The molecule has 0 aromatic heterocycles. The van der Waals surface area contributed by atoms with Gasteiger partial charge in [-0.2, -0.15) is 0 Å². The summed E-state index contributed by atoms with van der Waals surface area (Å²) in [6, 6.07) is 3.90. The number of carbonyl (C=O) groups excluding carboxylic acids is 4. The minimum absolute atomic E-state index is 0.0640. The molecular formula is C43H70ClN3O16. The second kappa shape index (κ2) is 37.3. The van der Waals surface area contributed by atoms with Crippen LogP contribution in [0.4, 0.5) is 5.69 Å². The number of fused-ring (bicyclic) bond motifs is 1. The zero-order valence-corrected chi connectivity index (χ0v) is 37.5. The molecule has 19 nitrogen and oxygen atoms in total. The van der Waals surface area contributed by atoms with Gasteiger partial charge in [0.2, 0.25) is 11.8 Å². The van der Waals surface area contributed by atoms with Crippen LogP contribution >= 0.6 is 11.6 Å². The lowest BCUT2D eigenvalue weighted by molar-refractivity contribution is -0.136. The van der Waals surface area contributed by atoms with E-state index in [1.54, 1.807) is 18.2 Å². The van der Waals surface area contributed by atoms with Gasteiger partial charge in [-0.3, -0.25) is 29.4 Å². The van der Waals surface area contributed by atoms with Gasteiger partial charge in [0.1, 0.15) is 6.04 Å². The fourth-order valence-electron chi connectivity index (χ4n) is 6.09. The molecule has 4 amide bonds. The number of hydrogen-bond acceptors (Lipinski definition) is 17. The number of anilines is 1. The molecule has 1 unspecified atom stereocenters. The van der Waals surface area contributed by atoms with Gasteiger partial charge in [-0.05, 0) is 31.4 Å². The van der Waals surface area contributed by atoms with Crippen LogP contribution < -0.4 is 10.6 Å². The molecule has 0 saturated carbocycles. The van der Waals surface area contributed by atoms with Crippen LogP contribution in [0.5, 0.6) is 0 Å². The first-order valence-electron chi connectivity index (χ1n) is 22.1. The molecule has 360 valence electrons. The molecular weight excluding hydrogens is 850 g/mol. The van der Waals surface area contributed by atoms with Gasteiger partial charge in [-0.25, -0.2) is 0 Å². The number of halogens is 1. The summed E-state index contributed by atoms with van der Waals surface area (Å²) < 4.78 is 66.2. The van der Waals surface area contributed by atoms with Gasteiger partial charge in [0, 0.05) is 31.1 Å². The van der Waals surface area contributed by atoms with Gasteiger partial charge in [0.05, 0.1) is 163 Å². The van der Waals surface area contributed by atoms with Crippen molar-refractivity contribution in [3.63, 3.8) is 0 Å². The molecule has 0 bridgehead atoms. The monoisotopic (exact) mass is 919 g/mol. The summed E-state index contributed by atoms with van der Waals surface area (Å²) in [5.41, 5.74) is 0.903. The van der Waals surface area contributed by atoms with E-state index in [-0.39, 0.29) is 24.0 Å². The van der Waals surface area contributed by atoms with E-state index < -0.39 is 29.7 Å². The number of alkyl halides is 1. The van der Waals surface area contributed by atoms with Crippen LogP contribution in [0.1, 0.15) is 59.2 Å². The Morgan fingerprint density at radius 3 is 1.32 bits per heavy atom. The normalized spacial score (nSPS) is 15.1. The molecule has 2 heterocycles. The van der Waals surface area contributed by atoms with Crippen LogP contribution in [0.2, 0.25) is 0 Å². The summed E-state index contributed by atoms with van der Waals surface area (Å²) in [4.78, 5) is 50.9. The number of amides is 4. The number of nitrogens with zero attached hydrogens (tertiary/aromatic N) is 1. The lowest BCUT2D eigenvalue weighted by Gasteiger charge is -2.27. The van der Waals surface area contributed by atoms with E-state index in [1.165, 1.54) is 0 Å². The van der Waals surface area contributed by atoms with E-state index >= 15 is 0 Å². The Balaban J connectivity index is 0.958. The highest BCUT2D eigenvalue weighted by atomic mass is 35.5. The number of rotatable bonds is 44. The van der Waals surface area contributed by atoms with Gasteiger partial charge in [0.25, 0.3) is 11.8 Å². The maximum absolute atomic E-state index is 13.2. The number of piperidine rings is 1. The average molecular weight is 920 g/mol. The Hall–Kier alpha value is -2.89. The van der Waals surface area contributed by atoms with Gasteiger partial charge in [-0.1, -0.05) is 18.9 Å². The summed E-state index contributed by atoms with van der Waals surface area (Å²) in [6.07, 6.45) is 4.62. The standard InChI is InChI=1S/C43H70ClN3O16/c44-10-3-1-2-4-12-52-14-16-54-18-20-56-22-24-58-26-28-60-30-32-62-34-35-63-33-31-61-29-27-59-25-23-57-21-19-55-17-15-53-13-11-45-37-7-5-6-36-40(37)43(51)47(42(36)50)38-8-9-39(48)46-41(38)49/h5-7,38,45H,1-4,8-35H2,(H,46,48,49). The Labute approximate surface area is 376 Å². The molecule has 2 N–H and O–H groups in total. The zero-order chi connectivity index (χ0) is 44.8. The Bertz CT molecular complexity index is 1380. The van der Waals surface area contributed by atoms with E-state index in [0.717, 1.165) is 43.1 Å². The largest absolute Gasteiger partial charge is 0.382 e. The molecule has 2 aliphatic rings. The third kappa shape index (κ3) is 24.8. The summed E-state index contributed by atoms with van der Waals surface area (Å²) in [6.45, 7) is 12.0. The zero-order valence-electron chi connectivity index (χ0n) is 36.8. The minimum atomic E-state index is -1.01. The Kier molecular flexibility index (Phi) is 32.3. The maximum atomic E-state index is 13.2. The summed E-state index contributed by atoms with van der Waals surface area (Å²) in [7, 11) is 0. The lowest BCUT2D eigenvalue weighted by atomic mass is 10.0. The molecule has 0 spiro atoms. The van der Waals surface area contributed by atoms with Crippen molar-refractivity contribution in [3.05, 3.63) is 29.3 Å². The molecule has 1 aromatic carbocycles. The molecule has 1 atom stereocenters. The van der Waals surface area contributed by atoms with Gasteiger partial charge >= 0.3 is 0 Å². The van der Waals surface area contributed by atoms with Crippen LogP contribution in [-0.2, 0) is 66.4 Å². The van der Waals surface area contributed by atoms with Crippen molar-refractivity contribution >= 4 is 40.9 Å². The minimum Gasteiger partial charge on any atom is -0.382 e. The van der Waals surface area contributed by atoms with Crippen molar-refractivity contribution in [2.45, 2.75) is 44.6 Å². The van der Waals surface area contributed by atoms with E-state index in [9.17, 15) is 19.2 Å². The quantitative estimate of drug-likeness (QED) is 0.0548. The number of hydrogen-bond donors (Lipinski definition) is 2. The summed E-state index contributed by atoms with van der Waals surface area (Å²) in [5, 5.41) is 5.33. The number of unbranched alkanes of at least 4 members (excludes halogenated alkanes) is 3. The molecule has 0 radical (unpaired) electrons. The van der Waals surface area contributed by atoms with Crippen LogP contribution in [0.25, 0.3) is 0 Å². The first kappa shape index (κ1) is 54.4. The summed E-state index contributed by atoms with van der Waals surface area (Å²) in [5.74, 6) is -1.44. The van der Waals surface area contributed by atoms with Gasteiger partial charge < -0.3 is 62.2 Å². The fraction of sp³-hybridized carbons (Fsp3) is 0.767. The van der Waals surface area contributed by atoms with E-state index in [2.05, 4.69) is 10.6 Å². The number of carbonyl (C=O) groups is 4. The molecule has 63 heavy (non-hydrogen) atoms. The summed E-state index contributed by atoms with van der Waals surface area (Å²) >= 11 is 5.66. The van der Waals surface area contributed by atoms with Crippen LogP contribution in [-0.4, -0.2) is 206 Å². The highest BCUT2D eigenvalue weighted by Crippen LogP contribution is 2.32. The fourth-order valence-corrected chi connectivity index (χ4v) is 6.28. The second-order valence-electron chi connectivity index (χ2n) is 14.1. The van der Waals surface area contributed by atoms with E-state index in [4.69, 9.17) is 68.4 Å². The highest BCUT2D eigenvalue weighted by Gasteiger charge is 2.45. The highest BCUT2D eigenvalue weighted by molar-refractivity contribution is 6.25. The van der Waals surface area contributed by atoms with Crippen molar-refractivity contribution < 1.29 is 76.0 Å². The van der Waals surface area contributed by atoms with Crippen molar-refractivity contribution in [2.24, 2.45) is 0 Å². The number of imide groups is 2. The number of nitrogens with one attached hydrogen (secondary N) is 2. The molecule has 2 aliphatic heterocycles. The van der Waals surface area contributed by atoms with Crippen LogP contribution in [0, 0.1) is 0 Å². The predicted octanol–water partition coefficient (Wildman–Crippen LogP) is 2.50. The molecule has 20 heteroatoms. The molecule has 3 rings (SSSR count). The Morgan fingerprint density at radius 1 is 0.508 bits per heavy atom. The van der Waals surface area contributed by atoms with E-state index in [1.807, 2.05) is 0 Å². The van der Waals surface area contributed by atoms with Crippen molar-refractivity contribution in [1.29, 1.82) is 0 Å².